The highest BCUT2D eigenvalue weighted by Crippen LogP contribution is 2.29. The van der Waals surface area contributed by atoms with E-state index in [0.29, 0.717) is 5.69 Å². The molecule has 0 aliphatic carbocycles. The molecule has 104 valence electrons. The van der Waals surface area contributed by atoms with Crippen LogP contribution in [0.1, 0.15) is 18.5 Å². The first kappa shape index (κ1) is 14.3. The Hall–Kier alpha value is -2.14. The first-order valence-electron chi connectivity index (χ1n) is 5.93. The molecule has 2 rings (SSSR count). The second-order valence-electron chi connectivity index (χ2n) is 4.34. The second kappa shape index (κ2) is 5.88. The Morgan fingerprint density at radius 3 is 2.65 bits per heavy atom. The van der Waals surface area contributed by atoms with E-state index in [1.54, 1.807) is 12.1 Å². The van der Waals surface area contributed by atoms with E-state index >= 15 is 0 Å². The van der Waals surface area contributed by atoms with Crippen LogP contribution in [0, 0.1) is 15.9 Å². The number of nitrogens with one attached hydrogen (secondary N) is 1. The fourth-order valence-corrected chi connectivity index (χ4v) is 2.06. The minimum atomic E-state index is -0.508. The Bertz CT molecular complexity index is 649. The van der Waals surface area contributed by atoms with E-state index in [1.807, 2.05) is 6.92 Å². The summed E-state index contributed by atoms with van der Waals surface area (Å²) >= 11 is 6.00. The van der Waals surface area contributed by atoms with E-state index in [9.17, 15) is 14.5 Å². The molecule has 1 atom stereocenters. The van der Waals surface area contributed by atoms with Crippen molar-refractivity contribution in [3.05, 3.63) is 69.0 Å². The predicted molar refractivity (Wildman–Crippen MR) is 76.5 cm³/mol. The molecule has 0 aliphatic rings. The molecule has 0 amide bonds. The summed E-state index contributed by atoms with van der Waals surface area (Å²) in [4.78, 5) is 10.1. The molecule has 0 saturated carbocycles. The zero-order chi connectivity index (χ0) is 14.7. The lowest BCUT2D eigenvalue weighted by molar-refractivity contribution is -0.384. The van der Waals surface area contributed by atoms with E-state index in [2.05, 4.69) is 5.32 Å². The summed E-state index contributed by atoms with van der Waals surface area (Å²) in [6.45, 7) is 1.85. The van der Waals surface area contributed by atoms with Crippen LogP contribution in [0.2, 0.25) is 5.02 Å². The summed E-state index contributed by atoms with van der Waals surface area (Å²) in [5.41, 5.74) is 1.26. The highest BCUT2D eigenvalue weighted by molar-refractivity contribution is 6.33. The van der Waals surface area contributed by atoms with Gasteiger partial charge in [-0.05, 0) is 30.7 Å². The molecule has 0 aliphatic heterocycles. The number of nitro groups is 1. The molecular weight excluding hydrogens is 283 g/mol. The highest BCUT2D eigenvalue weighted by atomic mass is 35.5. The Kier molecular flexibility index (Phi) is 4.20. The fraction of sp³-hybridized carbons (Fsp3) is 0.143. The van der Waals surface area contributed by atoms with Gasteiger partial charge in [0.1, 0.15) is 5.82 Å². The minimum absolute atomic E-state index is 0.0704. The molecule has 20 heavy (non-hydrogen) atoms. The van der Waals surface area contributed by atoms with Gasteiger partial charge in [0.25, 0.3) is 5.69 Å². The molecule has 2 aromatic carbocycles. The standard InChI is InChI=1S/C14H12ClFN2O2/c1-9(10-3-2-4-11(16)7-10)17-14-6-5-12(18(19)20)8-13(14)15/h2-9,17H,1H3. The summed E-state index contributed by atoms with van der Waals surface area (Å²) in [5.74, 6) is -0.314. The molecule has 0 saturated heterocycles. The number of rotatable bonds is 4. The maximum Gasteiger partial charge on any atom is 0.271 e. The highest BCUT2D eigenvalue weighted by Gasteiger charge is 2.12. The van der Waals surface area contributed by atoms with Crippen LogP contribution < -0.4 is 5.32 Å². The number of nitrogens with zero attached hydrogens (tertiary/aromatic N) is 1. The van der Waals surface area contributed by atoms with Crippen molar-refractivity contribution in [3.8, 4) is 0 Å². The molecule has 0 spiro atoms. The van der Waals surface area contributed by atoms with Crippen molar-refractivity contribution < 1.29 is 9.31 Å². The molecule has 1 unspecified atom stereocenters. The van der Waals surface area contributed by atoms with Gasteiger partial charge in [0.05, 0.1) is 15.6 Å². The number of halogens is 2. The van der Waals surface area contributed by atoms with Crippen molar-refractivity contribution in [1.82, 2.24) is 0 Å². The van der Waals surface area contributed by atoms with E-state index in [1.165, 1.54) is 30.3 Å². The van der Waals surface area contributed by atoms with Gasteiger partial charge in [0.15, 0.2) is 0 Å². The summed E-state index contributed by atoms with van der Waals surface area (Å²) < 4.78 is 13.2. The summed E-state index contributed by atoms with van der Waals surface area (Å²) in [7, 11) is 0. The minimum Gasteiger partial charge on any atom is -0.377 e. The molecule has 2 aromatic rings. The van der Waals surface area contributed by atoms with E-state index in [-0.39, 0.29) is 22.6 Å². The van der Waals surface area contributed by atoms with Crippen molar-refractivity contribution in [1.29, 1.82) is 0 Å². The molecule has 1 N–H and O–H groups in total. The van der Waals surface area contributed by atoms with Crippen LogP contribution in [0.4, 0.5) is 15.8 Å². The topological polar surface area (TPSA) is 55.2 Å². The molecular formula is C14H12ClFN2O2. The second-order valence-corrected chi connectivity index (χ2v) is 4.75. The van der Waals surface area contributed by atoms with Gasteiger partial charge in [-0.15, -0.1) is 0 Å². The van der Waals surface area contributed by atoms with Crippen LogP contribution in [0.25, 0.3) is 0 Å². The lowest BCUT2D eigenvalue weighted by Gasteiger charge is -2.16. The van der Waals surface area contributed by atoms with Crippen LogP contribution >= 0.6 is 11.6 Å². The Morgan fingerprint density at radius 2 is 2.05 bits per heavy atom. The Balaban J connectivity index is 2.19. The van der Waals surface area contributed by atoms with Crippen molar-refractivity contribution >= 4 is 23.0 Å². The van der Waals surface area contributed by atoms with Gasteiger partial charge in [-0.25, -0.2) is 4.39 Å². The summed E-state index contributed by atoms with van der Waals surface area (Å²) in [6.07, 6.45) is 0. The zero-order valence-electron chi connectivity index (χ0n) is 10.6. The zero-order valence-corrected chi connectivity index (χ0v) is 11.4. The quantitative estimate of drug-likeness (QED) is 0.664. The molecule has 6 heteroatoms. The molecule has 0 aromatic heterocycles. The third kappa shape index (κ3) is 3.24. The number of non-ortho nitro benzene ring substituents is 1. The van der Waals surface area contributed by atoms with Gasteiger partial charge in [0.2, 0.25) is 0 Å². The fourth-order valence-electron chi connectivity index (χ4n) is 1.83. The van der Waals surface area contributed by atoms with Crippen molar-refractivity contribution in [3.63, 3.8) is 0 Å². The SMILES string of the molecule is CC(Nc1ccc([N+](=O)[O-])cc1Cl)c1cccc(F)c1. The first-order chi connectivity index (χ1) is 9.47. The lowest BCUT2D eigenvalue weighted by Crippen LogP contribution is -2.07. The van der Waals surface area contributed by atoms with Crippen LogP contribution in [0.3, 0.4) is 0 Å². The van der Waals surface area contributed by atoms with Crippen LogP contribution in [-0.4, -0.2) is 4.92 Å². The normalized spacial score (nSPS) is 11.9. The predicted octanol–water partition coefficient (Wildman–Crippen LogP) is 4.56. The smallest absolute Gasteiger partial charge is 0.271 e. The Morgan fingerprint density at radius 1 is 1.30 bits per heavy atom. The van der Waals surface area contributed by atoms with Crippen LogP contribution in [0.15, 0.2) is 42.5 Å². The number of benzene rings is 2. The lowest BCUT2D eigenvalue weighted by atomic mass is 10.1. The summed E-state index contributed by atoms with van der Waals surface area (Å²) in [5, 5.41) is 14.0. The first-order valence-corrected chi connectivity index (χ1v) is 6.31. The average Bonchev–Trinajstić information content (AvgIpc) is 2.40. The average molecular weight is 295 g/mol. The summed E-state index contributed by atoms with van der Waals surface area (Å²) in [6, 6.07) is 10.2. The van der Waals surface area contributed by atoms with Gasteiger partial charge in [0, 0.05) is 18.2 Å². The van der Waals surface area contributed by atoms with Crippen LogP contribution in [-0.2, 0) is 0 Å². The molecule has 0 heterocycles. The van der Waals surface area contributed by atoms with Gasteiger partial charge in [-0.2, -0.15) is 0 Å². The number of nitro benzene ring substituents is 1. The van der Waals surface area contributed by atoms with Crippen LogP contribution in [0.5, 0.6) is 0 Å². The third-order valence-corrected chi connectivity index (χ3v) is 3.20. The van der Waals surface area contributed by atoms with E-state index in [4.69, 9.17) is 11.6 Å². The molecule has 4 nitrogen and oxygen atoms in total. The monoisotopic (exact) mass is 294 g/mol. The number of hydrogen-bond acceptors (Lipinski definition) is 3. The van der Waals surface area contributed by atoms with Crippen molar-refractivity contribution in [2.24, 2.45) is 0 Å². The molecule has 0 bridgehead atoms. The third-order valence-electron chi connectivity index (χ3n) is 2.88. The van der Waals surface area contributed by atoms with Gasteiger partial charge in [-0.1, -0.05) is 23.7 Å². The van der Waals surface area contributed by atoms with E-state index in [0.717, 1.165) is 5.56 Å². The molecule has 0 fully saturated rings. The van der Waals surface area contributed by atoms with Gasteiger partial charge >= 0.3 is 0 Å². The van der Waals surface area contributed by atoms with Gasteiger partial charge in [-0.3, -0.25) is 10.1 Å². The van der Waals surface area contributed by atoms with Crippen molar-refractivity contribution in [2.45, 2.75) is 13.0 Å². The number of hydrogen-bond donors (Lipinski definition) is 1. The van der Waals surface area contributed by atoms with E-state index < -0.39 is 4.92 Å². The number of anilines is 1. The van der Waals surface area contributed by atoms with Crippen molar-refractivity contribution in [2.75, 3.05) is 5.32 Å². The van der Waals surface area contributed by atoms with Gasteiger partial charge < -0.3 is 5.32 Å². The Labute approximate surface area is 120 Å². The largest absolute Gasteiger partial charge is 0.377 e. The molecule has 0 radical (unpaired) electrons. The maximum atomic E-state index is 13.2. The maximum absolute atomic E-state index is 13.2.